The van der Waals surface area contributed by atoms with Crippen molar-refractivity contribution in [2.24, 2.45) is 11.3 Å². The number of nitrogens with zero attached hydrogens (tertiary/aromatic N) is 1. The molecule has 4 heteroatoms. The molecule has 15 heavy (non-hydrogen) atoms. The highest BCUT2D eigenvalue weighted by molar-refractivity contribution is 9.12. The van der Waals surface area contributed by atoms with E-state index in [-0.39, 0.29) is 17.4 Å². The molecule has 2 fully saturated rings. The van der Waals surface area contributed by atoms with Crippen LogP contribution in [-0.4, -0.2) is 36.6 Å². The molecule has 0 spiro atoms. The Balaban J connectivity index is 2.21. The molecule has 0 N–H and O–H groups in total. The number of likely N-dealkylation sites (tertiary alicyclic amines) is 1. The number of rotatable bonds is 0. The Morgan fingerprint density at radius 1 is 1.53 bits per heavy atom. The van der Waals surface area contributed by atoms with E-state index < -0.39 is 0 Å². The van der Waals surface area contributed by atoms with Crippen LogP contribution in [0.2, 0.25) is 0 Å². The maximum Gasteiger partial charge on any atom is 0.299 e. The second-order valence-electron chi connectivity index (χ2n) is 4.85. The largest absolute Gasteiger partial charge is 0.379 e. The highest BCUT2D eigenvalue weighted by Crippen LogP contribution is 2.42. The highest BCUT2D eigenvalue weighted by atomic mass is 79.9. The molecule has 0 radical (unpaired) electrons. The number of hydrogen-bond acceptors (Lipinski definition) is 2. The number of amides is 1. The number of carbonyl (C=O) groups is 1. The van der Waals surface area contributed by atoms with Crippen LogP contribution >= 0.6 is 15.9 Å². The van der Waals surface area contributed by atoms with Crippen LogP contribution in [0.3, 0.4) is 0 Å². The van der Waals surface area contributed by atoms with Gasteiger partial charge in [0.1, 0.15) is 0 Å². The van der Waals surface area contributed by atoms with Gasteiger partial charge in [-0.05, 0) is 10.2 Å². The molecule has 2 atom stereocenters. The molecular weight excluding hydrogens is 258 g/mol. The van der Waals surface area contributed by atoms with Crippen LogP contribution in [0.15, 0.2) is 0 Å². The lowest BCUT2D eigenvalue weighted by atomic mass is 9.80. The number of hydrogen-bond donors (Lipinski definition) is 0. The number of halogens is 1. The van der Waals surface area contributed by atoms with E-state index in [1.54, 1.807) is 0 Å². The summed E-state index contributed by atoms with van der Waals surface area (Å²) >= 11 is 2.96. The van der Waals surface area contributed by atoms with Crippen LogP contribution in [0, 0.1) is 22.1 Å². The molecule has 2 heterocycles. The van der Waals surface area contributed by atoms with Crippen molar-refractivity contribution in [2.75, 3.05) is 19.8 Å². The van der Waals surface area contributed by atoms with Crippen molar-refractivity contribution in [2.45, 2.75) is 19.9 Å². The van der Waals surface area contributed by atoms with Crippen LogP contribution in [0.1, 0.15) is 13.8 Å². The van der Waals surface area contributed by atoms with Crippen molar-refractivity contribution in [1.82, 2.24) is 4.90 Å². The number of ether oxygens (including phenoxy) is 1. The van der Waals surface area contributed by atoms with Gasteiger partial charge in [0.2, 0.25) is 0 Å². The van der Waals surface area contributed by atoms with E-state index in [0.717, 1.165) is 13.2 Å². The minimum absolute atomic E-state index is 0.0991. The van der Waals surface area contributed by atoms with Gasteiger partial charge in [0.05, 0.1) is 19.3 Å². The molecule has 0 aliphatic carbocycles. The van der Waals surface area contributed by atoms with Gasteiger partial charge in [-0.1, -0.05) is 13.8 Å². The summed E-state index contributed by atoms with van der Waals surface area (Å²) in [5.74, 6) is 2.89. The molecule has 2 aliphatic rings. The van der Waals surface area contributed by atoms with Crippen LogP contribution in [0.25, 0.3) is 0 Å². The molecule has 0 aromatic heterocycles. The van der Waals surface area contributed by atoms with E-state index in [1.807, 2.05) is 4.90 Å². The zero-order chi connectivity index (χ0) is 11.1. The van der Waals surface area contributed by atoms with Crippen LogP contribution in [0.4, 0.5) is 0 Å². The Morgan fingerprint density at radius 3 is 2.93 bits per heavy atom. The van der Waals surface area contributed by atoms with Crippen LogP contribution in [-0.2, 0) is 9.53 Å². The van der Waals surface area contributed by atoms with Gasteiger partial charge in [0.25, 0.3) is 5.91 Å². The van der Waals surface area contributed by atoms with Crippen molar-refractivity contribution < 1.29 is 9.53 Å². The van der Waals surface area contributed by atoms with Crippen molar-refractivity contribution in [1.29, 1.82) is 0 Å². The average Bonchev–Trinajstić information content (AvgIpc) is 2.70. The third-order valence-corrected chi connectivity index (χ3v) is 3.65. The van der Waals surface area contributed by atoms with Gasteiger partial charge in [0, 0.05) is 34.3 Å². The third-order valence-electron chi connectivity index (χ3n) is 3.45. The molecule has 0 saturated carbocycles. The second kappa shape index (κ2) is 3.80. The molecular formula is C11H14BrNO2. The summed E-state index contributed by atoms with van der Waals surface area (Å²) in [5, 5.41) is 0. The third kappa shape index (κ3) is 1.79. The Labute approximate surface area is 98.3 Å². The van der Waals surface area contributed by atoms with Gasteiger partial charge in [-0.2, -0.15) is 0 Å². The molecule has 2 rings (SSSR count). The Hall–Kier alpha value is -0.530. The number of carbonyl (C=O) groups excluding carboxylic acids is 1. The smallest absolute Gasteiger partial charge is 0.299 e. The molecule has 2 saturated heterocycles. The van der Waals surface area contributed by atoms with E-state index in [9.17, 15) is 4.79 Å². The zero-order valence-corrected chi connectivity index (χ0v) is 10.5. The van der Waals surface area contributed by atoms with E-state index in [2.05, 4.69) is 40.5 Å². The first-order valence-electron chi connectivity index (χ1n) is 5.06. The van der Waals surface area contributed by atoms with Gasteiger partial charge in [-0.25, -0.2) is 0 Å². The quantitative estimate of drug-likeness (QED) is 0.621. The topological polar surface area (TPSA) is 29.5 Å². The van der Waals surface area contributed by atoms with Crippen molar-refractivity contribution in [3.63, 3.8) is 0 Å². The standard InChI is InChI=1S/C11H14BrNO2/c1-11(2)7-13(10(14)3-4-12)9-6-15-5-8(9)11/h8-9H,5-7H2,1-2H3. The number of fused-ring (bicyclic) bond motifs is 1. The fraction of sp³-hybridized carbons (Fsp3) is 0.727. The maximum absolute atomic E-state index is 11.7. The van der Waals surface area contributed by atoms with Gasteiger partial charge < -0.3 is 9.64 Å². The fourth-order valence-corrected chi connectivity index (χ4v) is 2.77. The minimum atomic E-state index is -0.0991. The first-order valence-corrected chi connectivity index (χ1v) is 5.85. The average molecular weight is 272 g/mol. The first kappa shape index (κ1) is 11.0. The molecule has 3 nitrogen and oxygen atoms in total. The molecule has 82 valence electrons. The highest BCUT2D eigenvalue weighted by Gasteiger charge is 2.51. The van der Waals surface area contributed by atoms with Gasteiger partial charge in [-0.15, -0.1) is 0 Å². The summed E-state index contributed by atoms with van der Waals surface area (Å²) in [6.07, 6.45) is 0. The summed E-state index contributed by atoms with van der Waals surface area (Å²) in [7, 11) is 0. The zero-order valence-electron chi connectivity index (χ0n) is 8.92. The molecule has 2 aliphatic heterocycles. The van der Waals surface area contributed by atoms with Gasteiger partial charge in [0.15, 0.2) is 0 Å². The molecule has 0 bridgehead atoms. The predicted octanol–water partition coefficient (Wildman–Crippen LogP) is 1.23. The lowest BCUT2D eigenvalue weighted by Crippen LogP contribution is -2.37. The Kier molecular flexibility index (Phi) is 2.78. The normalized spacial score (nSPS) is 32.1. The minimum Gasteiger partial charge on any atom is -0.379 e. The van der Waals surface area contributed by atoms with Crippen molar-refractivity contribution >= 4 is 21.8 Å². The lowest BCUT2D eigenvalue weighted by Gasteiger charge is -2.22. The van der Waals surface area contributed by atoms with Crippen molar-refractivity contribution in [3.05, 3.63) is 0 Å². The van der Waals surface area contributed by atoms with Gasteiger partial charge >= 0.3 is 0 Å². The van der Waals surface area contributed by atoms with E-state index >= 15 is 0 Å². The summed E-state index contributed by atoms with van der Waals surface area (Å²) in [4.78, 5) is 16.1. The lowest BCUT2D eigenvalue weighted by molar-refractivity contribution is -0.126. The van der Waals surface area contributed by atoms with Crippen molar-refractivity contribution in [3.8, 4) is 10.8 Å². The van der Waals surface area contributed by atoms with Crippen LogP contribution in [0.5, 0.6) is 0 Å². The van der Waals surface area contributed by atoms with Crippen LogP contribution < -0.4 is 0 Å². The van der Waals surface area contributed by atoms with E-state index in [4.69, 9.17) is 4.74 Å². The van der Waals surface area contributed by atoms with E-state index in [0.29, 0.717) is 12.5 Å². The van der Waals surface area contributed by atoms with E-state index in [1.165, 1.54) is 0 Å². The summed E-state index contributed by atoms with van der Waals surface area (Å²) < 4.78 is 5.45. The maximum atomic E-state index is 11.7. The molecule has 0 aromatic rings. The Morgan fingerprint density at radius 2 is 2.27 bits per heavy atom. The first-order chi connectivity index (χ1) is 7.06. The summed E-state index contributed by atoms with van der Waals surface area (Å²) in [5.41, 5.74) is 0.144. The molecule has 2 unspecified atom stereocenters. The van der Waals surface area contributed by atoms with Gasteiger partial charge in [-0.3, -0.25) is 4.79 Å². The fourth-order valence-electron chi connectivity index (χ4n) is 2.60. The summed E-state index contributed by atoms with van der Waals surface area (Å²) in [6.45, 7) is 6.58. The molecule has 1 amide bonds. The Bertz CT molecular complexity index is 342. The summed E-state index contributed by atoms with van der Waals surface area (Å²) in [6, 6.07) is 0.223. The second-order valence-corrected chi connectivity index (χ2v) is 5.25. The molecule has 0 aromatic carbocycles. The monoisotopic (exact) mass is 271 g/mol. The SMILES string of the molecule is CC1(C)CN(C(=O)C#CBr)C2COCC21. The predicted molar refractivity (Wildman–Crippen MR) is 60.3 cm³/mol.